The highest BCUT2D eigenvalue weighted by atomic mass is 16.5. The fraction of sp³-hybridized carbons (Fsp3) is 0.600. The average molecular weight is 118 g/mol. The molecule has 0 saturated heterocycles. The molecule has 0 rings (SSSR count). The molecular weight excluding hydrogens is 108 g/mol. The van der Waals surface area contributed by atoms with Crippen molar-refractivity contribution in [2.24, 2.45) is 0 Å². The van der Waals surface area contributed by atoms with Crippen molar-refractivity contribution in [1.29, 1.82) is 0 Å². The average Bonchev–Trinajstić information content (AvgIpc) is 1.65. The van der Waals surface area contributed by atoms with E-state index in [1.807, 2.05) is 0 Å². The van der Waals surface area contributed by atoms with Gasteiger partial charge in [0.25, 0.3) is 6.47 Å². The number of hydrogen-bond donors (Lipinski definition) is 0. The Morgan fingerprint density at radius 3 is 1.62 bits per heavy atom. The largest absolute Gasteiger partial charge is 0.471 e. The summed E-state index contributed by atoms with van der Waals surface area (Å²) in [6.07, 6.45) is 0. The van der Waals surface area contributed by atoms with Crippen LogP contribution in [0.25, 0.3) is 0 Å². The zero-order valence-electron chi connectivity index (χ0n) is 5.30. The van der Waals surface area contributed by atoms with Gasteiger partial charge in [-0.05, 0) is 13.8 Å². The molecule has 0 aromatic rings. The highest BCUT2D eigenvalue weighted by molar-refractivity contribution is 5.72. The summed E-state index contributed by atoms with van der Waals surface area (Å²) in [6.45, 7) is 3.43. The quantitative estimate of drug-likeness (QED) is 0.467. The van der Waals surface area contributed by atoms with E-state index in [4.69, 9.17) is 4.79 Å². The third-order valence-corrected chi connectivity index (χ3v) is 0.0962. The predicted molar refractivity (Wildman–Crippen MR) is 29.4 cm³/mol. The zero-order valence-corrected chi connectivity index (χ0v) is 5.30. The smallest absolute Gasteiger partial charge is 0.292 e. The van der Waals surface area contributed by atoms with E-state index in [0.29, 0.717) is 6.47 Å². The lowest BCUT2D eigenvalue weighted by atomic mass is 10.6. The summed E-state index contributed by atoms with van der Waals surface area (Å²) in [5.74, 6) is 0.167. The van der Waals surface area contributed by atoms with Gasteiger partial charge in [-0.1, -0.05) is 0 Å². The topological polar surface area (TPSA) is 43.4 Å². The van der Waals surface area contributed by atoms with E-state index in [1.165, 1.54) is 21.0 Å². The van der Waals surface area contributed by atoms with Crippen LogP contribution in [0.4, 0.5) is 0 Å². The second-order valence-electron chi connectivity index (χ2n) is 1.24. The standard InChI is InChI=1S/C3H6O.C2H4O2/c1-3(2)4;1-4-2-3/h1-2H3;2H,1H3. The maximum atomic E-state index is 9.44. The van der Waals surface area contributed by atoms with Crippen LogP contribution in [0.3, 0.4) is 0 Å². The van der Waals surface area contributed by atoms with Crippen molar-refractivity contribution in [3.05, 3.63) is 0 Å². The Hall–Kier alpha value is -0.860. The number of ketones is 1. The molecule has 0 radical (unpaired) electrons. The summed E-state index contributed by atoms with van der Waals surface area (Å²) >= 11 is 0. The van der Waals surface area contributed by atoms with Gasteiger partial charge in [-0.3, -0.25) is 4.79 Å². The van der Waals surface area contributed by atoms with E-state index in [0.717, 1.165) is 0 Å². The molecule has 0 atom stereocenters. The zero-order chi connectivity index (χ0) is 6.99. The van der Waals surface area contributed by atoms with Crippen molar-refractivity contribution in [1.82, 2.24) is 0 Å². The fourth-order valence-electron chi connectivity index (χ4n) is 0. The van der Waals surface area contributed by atoms with E-state index in [2.05, 4.69) is 4.74 Å². The van der Waals surface area contributed by atoms with E-state index < -0.39 is 0 Å². The minimum Gasteiger partial charge on any atom is -0.471 e. The van der Waals surface area contributed by atoms with Gasteiger partial charge in [0.15, 0.2) is 0 Å². The van der Waals surface area contributed by atoms with E-state index in [9.17, 15) is 4.79 Å². The predicted octanol–water partition coefficient (Wildman–Crippen LogP) is 0.385. The van der Waals surface area contributed by atoms with Crippen molar-refractivity contribution < 1.29 is 14.3 Å². The van der Waals surface area contributed by atoms with Crippen molar-refractivity contribution >= 4 is 12.3 Å². The molecule has 3 heteroatoms. The normalized spacial score (nSPS) is 5.88. The van der Waals surface area contributed by atoms with Crippen LogP contribution in [0.5, 0.6) is 0 Å². The maximum Gasteiger partial charge on any atom is 0.292 e. The van der Waals surface area contributed by atoms with Crippen LogP contribution in [-0.2, 0) is 14.3 Å². The van der Waals surface area contributed by atoms with Crippen molar-refractivity contribution in [3.63, 3.8) is 0 Å². The van der Waals surface area contributed by atoms with Gasteiger partial charge in [-0.25, -0.2) is 0 Å². The second kappa shape index (κ2) is 9.46. The van der Waals surface area contributed by atoms with Gasteiger partial charge in [0.05, 0.1) is 7.11 Å². The molecule has 0 unspecified atom stereocenters. The SMILES string of the molecule is CC(C)=O.COC=O. The highest BCUT2D eigenvalue weighted by Gasteiger charge is 1.62. The Bertz CT molecular complexity index is 64.1. The molecule has 0 aliphatic rings. The van der Waals surface area contributed by atoms with Gasteiger partial charge < -0.3 is 9.53 Å². The Morgan fingerprint density at radius 1 is 1.50 bits per heavy atom. The molecule has 0 saturated carbocycles. The molecule has 8 heavy (non-hydrogen) atoms. The Morgan fingerprint density at radius 2 is 1.62 bits per heavy atom. The van der Waals surface area contributed by atoms with Crippen LogP contribution < -0.4 is 0 Å². The molecule has 0 spiro atoms. The second-order valence-corrected chi connectivity index (χ2v) is 1.24. The van der Waals surface area contributed by atoms with Crippen molar-refractivity contribution in [2.75, 3.05) is 7.11 Å². The number of ether oxygens (including phenoxy) is 1. The Labute approximate surface area is 48.6 Å². The van der Waals surface area contributed by atoms with E-state index >= 15 is 0 Å². The molecule has 0 amide bonds. The van der Waals surface area contributed by atoms with Crippen molar-refractivity contribution in [2.45, 2.75) is 13.8 Å². The summed E-state index contributed by atoms with van der Waals surface area (Å²) in [7, 11) is 1.31. The van der Waals surface area contributed by atoms with Gasteiger partial charge in [-0.15, -0.1) is 0 Å². The molecule has 0 aromatic carbocycles. The number of Topliss-reactive ketones (excluding diaryl/α,β-unsaturated/α-hetero) is 1. The van der Waals surface area contributed by atoms with Crippen LogP contribution >= 0.6 is 0 Å². The molecule has 0 N–H and O–H groups in total. The first-order chi connectivity index (χ1) is 3.65. The molecule has 0 bridgehead atoms. The molecule has 0 aliphatic heterocycles. The van der Waals surface area contributed by atoms with Gasteiger partial charge in [-0.2, -0.15) is 0 Å². The Balaban J connectivity index is 0. The van der Waals surface area contributed by atoms with Crippen LogP contribution in [-0.4, -0.2) is 19.4 Å². The molecule has 48 valence electrons. The molecule has 0 heterocycles. The van der Waals surface area contributed by atoms with Gasteiger partial charge in [0.2, 0.25) is 0 Å². The molecule has 0 fully saturated rings. The van der Waals surface area contributed by atoms with Crippen LogP contribution in [0.1, 0.15) is 13.8 Å². The molecule has 0 aromatic heterocycles. The summed E-state index contributed by atoms with van der Waals surface area (Å²) in [6, 6.07) is 0. The minimum absolute atomic E-state index is 0.167. The van der Waals surface area contributed by atoms with Gasteiger partial charge >= 0.3 is 0 Å². The lowest BCUT2D eigenvalue weighted by Gasteiger charge is -1.67. The fourth-order valence-corrected chi connectivity index (χ4v) is 0. The van der Waals surface area contributed by atoms with Crippen molar-refractivity contribution in [3.8, 4) is 0 Å². The highest BCUT2D eigenvalue weighted by Crippen LogP contribution is 1.50. The molecule has 3 nitrogen and oxygen atoms in total. The van der Waals surface area contributed by atoms with Crippen LogP contribution in [0.15, 0.2) is 0 Å². The first-order valence-electron chi connectivity index (χ1n) is 2.08. The number of carbonyl (C=O) groups excluding carboxylic acids is 2. The third-order valence-electron chi connectivity index (χ3n) is 0.0962. The lowest BCUT2D eigenvalue weighted by Crippen LogP contribution is -1.69. The molecule has 0 aliphatic carbocycles. The lowest BCUT2D eigenvalue weighted by molar-refractivity contribution is -0.126. The first-order valence-corrected chi connectivity index (χ1v) is 2.08. The monoisotopic (exact) mass is 118 g/mol. The molecular formula is C5H10O3. The summed E-state index contributed by atoms with van der Waals surface area (Å²) in [5.41, 5.74) is 0. The van der Waals surface area contributed by atoms with Crippen LogP contribution in [0, 0.1) is 0 Å². The third kappa shape index (κ3) is 4490. The number of hydrogen-bond acceptors (Lipinski definition) is 3. The number of rotatable bonds is 1. The first kappa shape index (κ1) is 10.2. The number of carbonyl (C=O) groups is 2. The van der Waals surface area contributed by atoms with Gasteiger partial charge in [0, 0.05) is 0 Å². The van der Waals surface area contributed by atoms with E-state index in [-0.39, 0.29) is 5.78 Å². The maximum absolute atomic E-state index is 9.44. The summed E-state index contributed by atoms with van der Waals surface area (Å²) in [5, 5.41) is 0. The number of methoxy groups -OCH3 is 1. The van der Waals surface area contributed by atoms with Gasteiger partial charge in [0.1, 0.15) is 5.78 Å². The Kier molecular flexibility index (Phi) is 12.1. The summed E-state index contributed by atoms with van der Waals surface area (Å²) in [4.78, 5) is 18.4. The summed E-state index contributed by atoms with van der Waals surface area (Å²) < 4.78 is 3.86. The van der Waals surface area contributed by atoms with E-state index in [1.54, 1.807) is 0 Å². The van der Waals surface area contributed by atoms with Crippen LogP contribution in [0.2, 0.25) is 0 Å². The minimum atomic E-state index is 0.167.